The third-order valence-corrected chi connectivity index (χ3v) is 4.88. The number of fused-ring (bicyclic) bond motifs is 1. The number of nitrogens with one attached hydrogen (secondary N) is 2. The summed E-state index contributed by atoms with van der Waals surface area (Å²) in [4.78, 5) is 26.9. The van der Waals surface area contributed by atoms with E-state index in [1.807, 2.05) is 26.0 Å². The van der Waals surface area contributed by atoms with Crippen molar-refractivity contribution in [2.75, 3.05) is 27.3 Å². The highest BCUT2D eigenvalue weighted by Crippen LogP contribution is 2.38. The van der Waals surface area contributed by atoms with Crippen LogP contribution in [0.4, 0.5) is 4.79 Å². The highest BCUT2D eigenvalue weighted by Gasteiger charge is 2.33. The minimum Gasteiger partial charge on any atom is -0.493 e. The van der Waals surface area contributed by atoms with E-state index >= 15 is 0 Å². The number of ether oxygens (including phenoxy) is 2. The fraction of sp³-hybridized carbons (Fsp3) is 0.429. The van der Waals surface area contributed by atoms with Crippen LogP contribution in [0.2, 0.25) is 0 Å². The number of urea groups is 1. The average Bonchev–Trinajstić information content (AvgIpc) is 3.24. The summed E-state index contributed by atoms with van der Waals surface area (Å²) in [6.07, 6.45) is 2.13. The first-order valence-electron chi connectivity index (χ1n) is 9.58. The minimum atomic E-state index is -0.351. The van der Waals surface area contributed by atoms with Crippen LogP contribution in [0, 0.1) is 0 Å². The second-order valence-electron chi connectivity index (χ2n) is 7.16. The Kier molecular flexibility index (Phi) is 6.31. The molecular weight excluding hydrogens is 374 g/mol. The van der Waals surface area contributed by atoms with Crippen molar-refractivity contribution in [2.45, 2.75) is 32.4 Å². The summed E-state index contributed by atoms with van der Waals surface area (Å²) < 4.78 is 16.0. The minimum absolute atomic E-state index is 0.00709. The molecule has 1 aliphatic rings. The molecule has 8 heteroatoms. The molecule has 8 nitrogen and oxygen atoms in total. The maximum atomic E-state index is 12.8. The van der Waals surface area contributed by atoms with Gasteiger partial charge in [-0.3, -0.25) is 4.79 Å². The number of amides is 3. The topological polar surface area (TPSA) is 93.0 Å². The number of carbonyl (C=O) groups excluding carboxylic acids is 2. The lowest BCUT2D eigenvalue weighted by atomic mass is 9.91. The SMILES string of the molecule is COc1cc2c(cc1OC)[C@H](CNC(=O)c1ccco1)N(C(=O)NC(C)C)CC2. The predicted molar refractivity (Wildman–Crippen MR) is 107 cm³/mol. The Bertz CT molecular complexity index is 863. The van der Waals surface area contributed by atoms with Crippen LogP contribution in [0.3, 0.4) is 0 Å². The molecule has 0 radical (unpaired) electrons. The first-order valence-corrected chi connectivity index (χ1v) is 9.58. The lowest BCUT2D eigenvalue weighted by molar-refractivity contribution is 0.0906. The molecule has 0 spiro atoms. The molecule has 29 heavy (non-hydrogen) atoms. The van der Waals surface area contributed by atoms with Gasteiger partial charge in [-0.15, -0.1) is 0 Å². The summed E-state index contributed by atoms with van der Waals surface area (Å²) in [5.74, 6) is 1.13. The van der Waals surface area contributed by atoms with Crippen molar-refractivity contribution in [1.82, 2.24) is 15.5 Å². The molecule has 1 aliphatic heterocycles. The van der Waals surface area contributed by atoms with Crippen LogP contribution in [0.1, 0.15) is 41.6 Å². The van der Waals surface area contributed by atoms with E-state index in [0.29, 0.717) is 24.5 Å². The molecule has 2 aromatic rings. The first kappa shape index (κ1) is 20.6. The molecule has 0 saturated carbocycles. The van der Waals surface area contributed by atoms with Gasteiger partial charge < -0.3 is 29.4 Å². The smallest absolute Gasteiger partial charge is 0.318 e. The van der Waals surface area contributed by atoms with Crippen LogP contribution in [0.25, 0.3) is 0 Å². The second kappa shape index (κ2) is 8.89. The van der Waals surface area contributed by atoms with Gasteiger partial charge in [0, 0.05) is 19.1 Å². The van der Waals surface area contributed by atoms with Gasteiger partial charge in [0.05, 0.1) is 26.5 Å². The van der Waals surface area contributed by atoms with E-state index in [1.54, 1.807) is 31.3 Å². The number of hydrogen-bond donors (Lipinski definition) is 2. The van der Waals surface area contributed by atoms with Crippen LogP contribution >= 0.6 is 0 Å². The standard InChI is InChI=1S/C21H27N3O5/c1-13(2)23-21(26)24-8-7-14-10-18(27-3)19(28-4)11-15(14)16(24)12-22-20(25)17-6-5-9-29-17/h5-6,9-11,13,16H,7-8,12H2,1-4H3,(H,22,25)(H,23,26)/t16-/m0/s1. The highest BCUT2D eigenvalue weighted by atomic mass is 16.5. The molecule has 2 N–H and O–H groups in total. The number of furan rings is 1. The molecular formula is C21H27N3O5. The van der Waals surface area contributed by atoms with Gasteiger partial charge in [0.2, 0.25) is 0 Å². The summed E-state index contributed by atoms with van der Waals surface area (Å²) >= 11 is 0. The Morgan fingerprint density at radius 3 is 2.59 bits per heavy atom. The van der Waals surface area contributed by atoms with E-state index in [-0.39, 0.29) is 36.3 Å². The van der Waals surface area contributed by atoms with Crippen LogP contribution < -0.4 is 20.1 Å². The second-order valence-corrected chi connectivity index (χ2v) is 7.16. The number of nitrogens with zero attached hydrogens (tertiary/aromatic N) is 1. The van der Waals surface area contributed by atoms with Crippen molar-refractivity contribution in [2.24, 2.45) is 0 Å². The zero-order chi connectivity index (χ0) is 21.0. The van der Waals surface area contributed by atoms with Gasteiger partial charge in [0.15, 0.2) is 17.3 Å². The Labute approximate surface area is 170 Å². The van der Waals surface area contributed by atoms with E-state index in [2.05, 4.69) is 10.6 Å². The predicted octanol–water partition coefficient (Wildman–Crippen LogP) is 2.74. The van der Waals surface area contributed by atoms with Gasteiger partial charge in [-0.25, -0.2) is 4.79 Å². The molecule has 0 bridgehead atoms. The van der Waals surface area contributed by atoms with Gasteiger partial charge in [-0.1, -0.05) is 0 Å². The quantitative estimate of drug-likeness (QED) is 0.776. The molecule has 2 heterocycles. The summed E-state index contributed by atoms with van der Waals surface area (Å²) in [6.45, 7) is 4.60. The molecule has 3 rings (SSSR count). The molecule has 0 aliphatic carbocycles. The van der Waals surface area contributed by atoms with E-state index < -0.39 is 0 Å². The van der Waals surface area contributed by atoms with Gasteiger partial charge in [0.1, 0.15) is 0 Å². The lowest BCUT2D eigenvalue weighted by Crippen LogP contribution is -2.50. The average molecular weight is 401 g/mol. The molecule has 156 valence electrons. The number of methoxy groups -OCH3 is 2. The fourth-order valence-corrected chi connectivity index (χ4v) is 3.51. The Balaban J connectivity index is 1.91. The summed E-state index contributed by atoms with van der Waals surface area (Å²) in [5, 5.41) is 5.81. The van der Waals surface area contributed by atoms with E-state index in [0.717, 1.165) is 11.1 Å². The van der Waals surface area contributed by atoms with Crippen molar-refractivity contribution in [3.05, 3.63) is 47.4 Å². The van der Waals surface area contributed by atoms with E-state index in [1.165, 1.54) is 6.26 Å². The summed E-state index contributed by atoms with van der Waals surface area (Å²) in [7, 11) is 3.17. The molecule has 1 atom stereocenters. The number of hydrogen-bond acceptors (Lipinski definition) is 5. The fourth-order valence-electron chi connectivity index (χ4n) is 3.51. The normalized spacial score (nSPS) is 15.6. The molecule has 0 fully saturated rings. The third kappa shape index (κ3) is 4.47. The van der Waals surface area contributed by atoms with Crippen molar-refractivity contribution in [1.29, 1.82) is 0 Å². The highest BCUT2D eigenvalue weighted by molar-refractivity contribution is 5.91. The van der Waals surface area contributed by atoms with Crippen molar-refractivity contribution >= 4 is 11.9 Å². The maximum Gasteiger partial charge on any atom is 0.318 e. The Morgan fingerprint density at radius 2 is 1.97 bits per heavy atom. The van der Waals surface area contributed by atoms with E-state index in [9.17, 15) is 9.59 Å². The Hall–Kier alpha value is -3.16. The first-order chi connectivity index (χ1) is 13.9. The lowest BCUT2D eigenvalue weighted by Gasteiger charge is -2.38. The zero-order valence-electron chi connectivity index (χ0n) is 17.2. The molecule has 1 aromatic heterocycles. The van der Waals surface area contributed by atoms with Gasteiger partial charge in [0.25, 0.3) is 5.91 Å². The number of carbonyl (C=O) groups is 2. The monoisotopic (exact) mass is 401 g/mol. The number of benzene rings is 1. The van der Waals surface area contributed by atoms with E-state index in [4.69, 9.17) is 13.9 Å². The van der Waals surface area contributed by atoms with Crippen molar-refractivity contribution in [3.63, 3.8) is 0 Å². The zero-order valence-corrected chi connectivity index (χ0v) is 17.2. The van der Waals surface area contributed by atoms with Gasteiger partial charge in [-0.05, 0) is 55.7 Å². The number of rotatable bonds is 6. The van der Waals surface area contributed by atoms with Gasteiger partial charge in [-0.2, -0.15) is 0 Å². The van der Waals surface area contributed by atoms with Crippen LogP contribution in [0.5, 0.6) is 11.5 Å². The Morgan fingerprint density at radius 1 is 1.24 bits per heavy atom. The van der Waals surface area contributed by atoms with Crippen molar-refractivity contribution < 1.29 is 23.5 Å². The van der Waals surface area contributed by atoms with Crippen LogP contribution in [-0.4, -0.2) is 50.2 Å². The summed E-state index contributed by atoms with van der Waals surface area (Å²) in [5.41, 5.74) is 1.99. The molecule has 0 saturated heterocycles. The molecule has 3 amide bonds. The molecule has 1 aromatic carbocycles. The largest absolute Gasteiger partial charge is 0.493 e. The third-order valence-electron chi connectivity index (χ3n) is 4.88. The van der Waals surface area contributed by atoms with Crippen LogP contribution in [-0.2, 0) is 6.42 Å². The molecule has 0 unspecified atom stereocenters. The van der Waals surface area contributed by atoms with Gasteiger partial charge >= 0.3 is 6.03 Å². The van der Waals surface area contributed by atoms with Crippen molar-refractivity contribution in [3.8, 4) is 11.5 Å². The summed E-state index contributed by atoms with van der Waals surface area (Å²) in [6, 6.07) is 6.56. The van der Waals surface area contributed by atoms with Crippen LogP contribution in [0.15, 0.2) is 34.9 Å². The maximum absolute atomic E-state index is 12.8.